The molecule has 1 aliphatic rings. The Balaban J connectivity index is 2.23. The largest absolute Gasteiger partial charge is 0.355 e. The normalized spacial score (nSPS) is 16.3. The van der Waals surface area contributed by atoms with Gasteiger partial charge in [0.05, 0.1) is 0 Å². The molecule has 0 amide bonds. The first-order valence-corrected chi connectivity index (χ1v) is 9.16. The number of nitrogens with zero attached hydrogens (tertiary/aromatic N) is 4. The lowest BCUT2D eigenvalue weighted by atomic mass is 10.1. The van der Waals surface area contributed by atoms with Crippen molar-refractivity contribution in [3.05, 3.63) is 18.0 Å². The summed E-state index contributed by atoms with van der Waals surface area (Å²) >= 11 is 0. The predicted octanol–water partition coefficient (Wildman–Crippen LogP) is 2.36. The van der Waals surface area contributed by atoms with Crippen molar-refractivity contribution in [3.8, 4) is 0 Å². The van der Waals surface area contributed by atoms with Gasteiger partial charge in [-0.15, -0.1) is 0 Å². The minimum absolute atomic E-state index is 0.298. The van der Waals surface area contributed by atoms with Crippen molar-refractivity contribution >= 4 is 26.6 Å². The van der Waals surface area contributed by atoms with Crippen LogP contribution in [0, 0.1) is 0 Å². The number of halogens is 2. The Morgan fingerprint density at radius 3 is 2.48 bits per heavy atom. The monoisotopic (exact) mass is 342 g/mol. The van der Waals surface area contributed by atoms with Gasteiger partial charge >= 0.3 is 0 Å². The highest BCUT2D eigenvalue weighted by Gasteiger charge is 2.22. The minimum Gasteiger partial charge on any atom is -0.355 e. The zero-order valence-corrected chi connectivity index (χ0v) is 13.4. The summed E-state index contributed by atoms with van der Waals surface area (Å²) < 4.78 is 49.5. The summed E-state index contributed by atoms with van der Waals surface area (Å²) in [6.45, 7) is 1.38. The zero-order chi connectivity index (χ0) is 16.6. The molecular weight excluding hydrogens is 326 g/mol. The Morgan fingerprint density at radius 1 is 1.17 bits per heavy atom. The summed E-state index contributed by atoms with van der Waals surface area (Å²) in [6, 6.07) is 1.21. The van der Waals surface area contributed by atoms with Crippen LogP contribution in [0.25, 0.3) is 10.9 Å². The van der Waals surface area contributed by atoms with E-state index in [4.69, 9.17) is 0 Å². The van der Waals surface area contributed by atoms with Gasteiger partial charge in [0, 0.05) is 30.9 Å². The Bertz CT molecular complexity index is 836. The third kappa shape index (κ3) is 3.24. The lowest BCUT2D eigenvalue weighted by Crippen LogP contribution is -2.30. The molecule has 0 radical (unpaired) electrons. The second kappa shape index (κ2) is 5.95. The molecule has 23 heavy (non-hydrogen) atoms. The van der Waals surface area contributed by atoms with E-state index in [2.05, 4.69) is 15.0 Å². The van der Waals surface area contributed by atoms with Crippen LogP contribution >= 0.6 is 0 Å². The molecule has 0 aromatic carbocycles. The third-order valence-corrected chi connectivity index (χ3v) is 4.62. The Labute approximate surface area is 132 Å². The number of pyridine rings is 1. The van der Waals surface area contributed by atoms with Crippen LogP contribution in [0.5, 0.6) is 0 Å². The summed E-state index contributed by atoms with van der Waals surface area (Å²) in [5, 5.41) is 0.0399. The maximum Gasteiger partial charge on any atom is 0.280 e. The molecule has 2 aromatic rings. The molecule has 124 valence electrons. The van der Waals surface area contributed by atoms with Crippen molar-refractivity contribution in [2.75, 3.05) is 24.2 Å². The van der Waals surface area contributed by atoms with Crippen LogP contribution in [-0.4, -0.2) is 42.7 Å². The van der Waals surface area contributed by atoms with E-state index in [-0.39, 0.29) is 10.9 Å². The fourth-order valence-electron chi connectivity index (χ4n) is 2.64. The molecule has 9 heteroatoms. The van der Waals surface area contributed by atoms with E-state index >= 15 is 0 Å². The molecule has 0 N–H and O–H groups in total. The maximum absolute atomic E-state index is 13.1. The molecule has 0 aliphatic carbocycles. The first-order chi connectivity index (χ1) is 10.9. The van der Waals surface area contributed by atoms with Crippen molar-refractivity contribution in [1.29, 1.82) is 0 Å². The fraction of sp³-hybridized carbons (Fsp3) is 0.500. The molecule has 0 atom stereocenters. The van der Waals surface area contributed by atoms with Gasteiger partial charge in [0.15, 0.2) is 5.82 Å². The lowest BCUT2D eigenvalue weighted by Gasteiger charge is -2.28. The van der Waals surface area contributed by atoms with Crippen molar-refractivity contribution in [1.82, 2.24) is 15.0 Å². The van der Waals surface area contributed by atoms with Crippen molar-refractivity contribution in [2.24, 2.45) is 0 Å². The minimum atomic E-state index is -3.58. The number of anilines is 1. The number of fused-ring (bicyclic) bond motifs is 1. The fourth-order valence-corrected chi connectivity index (χ4v) is 3.14. The number of hydrogen-bond donors (Lipinski definition) is 0. The van der Waals surface area contributed by atoms with Gasteiger partial charge in [0.2, 0.25) is 15.0 Å². The predicted molar refractivity (Wildman–Crippen MR) is 81.5 cm³/mol. The van der Waals surface area contributed by atoms with Gasteiger partial charge in [0.25, 0.3) is 6.43 Å². The topological polar surface area (TPSA) is 76.1 Å². The van der Waals surface area contributed by atoms with E-state index in [0.29, 0.717) is 29.8 Å². The molecular formula is C14H16F2N4O2S. The number of alkyl halides is 2. The molecule has 3 rings (SSSR count). The van der Waals surface area contributed by atoms with Crippen molar-refractivity contribution in [3.63, 3.8) is 0 Å². The first-order valence-electron chi connectivity index (χ1n) is 7.27. The molecule has 0 saturated carbocycles. The molecule has 1 fully saturated rings. The van der Waals surface area contributed by atoms with E-state index in [1.165, 1.54) is 12.3 Å². The van der Waals surface area contributed by atoms with Crippen LogP contribution in [0.15, 0.2) is 17.4 Å². The Hall–Kier alpha value is -1.90. The number of sulfone groups is 1. The summed E-state index contributed by atoms with van der Waals surface area (Å²) in [7, 11) is -3.58. The smallest absolute Gasteiger partial charge is 0.280 e. The summed E-state index contributed by atoms with van der Waals surface area (Å²) in [4.78, 5) is 13.8. The van der Waals surface area contributed by atoms with Gasteiger partial charge in [0.1, 0.15) is 11.2 Å². The van der Waals surface area contributed by atoms with Gasteiger partial charge in [-0.1, -0.05) is 0 Å². The Morgan fingerprint density at radius 2 is 1.87 bits per heavy atom. The molecule has 3 heterocycles. The maximum atomic E-state index is 13.1. The highest BCUT2D eigenvalue weighted by molar-refractivity contribution is 7.90. The van der Waals surface area contributed by atoms with Gasteiger partial charge in [-0.2, -0.15) is 0 Å². The molecule has 0 bridgehead atoms. The number of aromatic nitrogens is 3. The van der Waals surface area contributed by atoms with Crippen LogP contribution in [-0.2, 0) is 9.84 Å². The van der Waals surface area contributed by atoms with Crippen LogP contribution in [0.2, 0.25) is 0 Å². The van der Waals surface area contributed by atoms with Gasteiger partial charge in [-0.3, -0.25) is 0 Å². The lowest BCUT2D eigenvalue weighted by molar-refractivity contribution is 0.146. The van der Waals surface area contributed by atoms with E-state index in [9.17, 15) is 17.2 Å². The zero-order valence-electron chi connectivity index (χ0n) is 12.5. The van der Waals surface area contributed by atoms with Crippen LogP contribution in [0.1, 0.15) is 31.4 Å². The molecule has 0 unspecified atom stereocenters. The molecule has 6 nitrogen and oxygen atoms in total. The third-order valence-electron chi connectivity index (χ3n) is 3.76. The molecule has 2 aromatic heterocycles. The average Bonchev–Trinajstić information content (AvgIpc) is 2.53. The van der Waals surface area contributed by atoms with Crippen LogP contribution in [0.4, 0.5) is 14.6 Å². The van der Waals surface area contributed by atoms with Gasteiger partial charge in [-0.25, -0.2) is 32.2 Å². The molecule has 1 aliphatic heterocycles. The van der Waals surface area contributed by atoms with Crippen molar-refractivity contribution < 1.29 is 17.2 Å². The second-order valence-corrected chi connectivity index (χ2v) is 7.49. The van der Waals surface area contributed by atoms with Gasteiger partial charge < -0.3 is 4.90 Å². The molecule has 0 spiro atoms. The number of hydrogen-bond acceptors (Lipinski definition) is 6. The van der Waals surface area contributed by atoms with E-state index < -0.39 is 16.3 Å². The van der Waals surface area contributed by atoms with E-state index in [1.807, 2.05) is 4.90 Å². The summed E-state index contributed by atoms with van der Waals surface area (Å²) in [5.74, 6) is 0.310. The highest BCUT2D eigenvalue weighted by Crippen LogP contribution is 2.30. The average molecular weight is 342 g/mol. The van der Waals surface area contributed by atoms with E-state index in [0.717, 1.165) is 25.5 Å². The van der Waals surface area contributed by atoms with Crippen LogP contribution < -0.4 is 4.90 Å². The highest BCUT2D eigenvalue weighted by atomic mass is 32.2. The quantitative estimate of drug-likeness (QED) is 0.797. The summed E-state index contributed by atoms with van der Waals surface area (Å²) in [6.07, 6.45) is 2.51. The van der Waals surface area contributed by atoms with Crippen molar-refractivity contribution in [2.45, 2.75) is 30.8 Å². The first kappa shape index (κ1) is 16.0. The number of rotatable bonds is 3. The molecule has 1 saturated heterocycles. The summed E-state index contributed by atoms with van der Waals surface area (Å²) in [5.41, 5.74) is -0.0551. The standard InChI is InChI=1S/C14H16F2N4O2S/c1-23(21,22)14-17-8-9-7-10(12(15)16)18-13(11(9)19-14)20-5-3-2-4-6-20/h7-8,12H,2-6H2,1H3. The Kier molecular flexibility index (Phi) is 4.13. The van der Waals surface area contributed by atoms with Crippen LogP contribution in [0.3, 0.4) is 0 Å². The van der Waals surface area contributed by atoms with Gasteiger partial charge in [-0.05, 0) is 25.3 Å². The van der Waals surface area contributed by atoms with E-state index in [1.54, 1.807) is 0 Å². The SMILES string of the molecule is CS(=O)(=O)c1ncc2cc(C(F)F)nc(N3CCCCC3)c2n1. The second-order valence-electron chi connectivity index (χ2n) is 5.58. The number of piperidine rings is 1.